The molecular weight excluding hydrogens is 495 g/mol. The lowest BCUT2D eigenvalue weighted by molar-refractivity contribution is -0.137. The quantitative estimate of drug-likeness (QED) is 0.315. The van der Waals surface area contributed by atoms with Crippen molar-refractivity contribution in [2.75, 3.05) is 22.9 Å². The van der Waals surface area contributed by atoms with E-state index in [2.05, 4.69) is 38.4 Å². The van der Waals surface area contributed by atoms with Gasteiger partial charge in [-0.15, -0.1) is 5.10 Å². The van der Waals surface area contributed by atoms with Crippen molar-refractivity contribution in [2.24, 2.45) is 20.0 Å². The van der Waals surface area contributed by atoms with Crippen LogP contribution in [0.4, 0.5) is 24.9 Å². The lowest BCUT2D eigenvalue weighted by Gasteiger charge is -2.28. The molecule has 38 heavy (non-hydrogen) atoms. The number of rotatable bonds is 9. The topological polar surface area (TPSA) is 80.8 Å². The SMILES string of the molecule is CCN(CC1CC1)c1nc2c(cc1CN(Cc1cc(C)cc(C(F)(F)F)c1)c1nnn(C)n1)c(C)nn2C. The van der Waals surface area contributed by atoms with E-state index in [1.807, 2.05) is 18.9 Å². The fraction of sp³-hybridized carbons (Fsp3) is 0.500. The zero-order valence-electron chi connectivity index (χ0n) is 22.3. The van der Waals surface area contributed by atoms with E-state index in [4.69, 9.17) is 4.98 Å². The number of alkyl halides is 3. The summed E-state index contributed by atoms with van der Waals surface area (Å²) in [4.78, 5) is 10.5. The molecule has 0 amide bonds. The van der Waals surface area contributed by atoms with E-state index < -0.39 is 11.7 Å². The second kappa shape index (κ2) is 9.88. The lowest BCUT2D eigenvalue weighted by atomic mass is 10.1. The summed E-state index contributed by atoms with van der Waals surface area (Å²) in [5.74, 6) is 1.84. The van der Waals surface area contributed by atoms with E-state index in [0.717, 1.165) is 47.3 Å². The Morgan fingerprint density at radius 3 is 2.39 bits per heavy atom. The summed E-state index contributed by atoms with van der Waals surface area (Å²) in [5, 5.41) is 18.1. The first-order valence-electron chi connectivity index (χ1n) is 12.8. The number of aryl methyl sites for hydroxylation is 4. The van der Waals surface area contributed by atoms with Crippen LogP contribution in [0.25, 0.3) is 11.0 Å². The molecular formula is C26H32F3N9. The Kier molecular flexibility index (Phi) is 6.74. The van der Waals surface area contributed by atoms with Crippen molar-refractivity contribution < 1.29 is 13.2 Å². The largest absolute Gasteiger partial charge is 0.416 e. The molecule has 0 radical (unpaired) electrons. The number of anilines is 2. The van der Waals surface area contributed by atoms with Gasteiger partial charge >= 0.3 is 6.18 Å². The van der Waals surface area contributed by atoms with E-state index in [0.29, 0.717) is 29.5 Å². The number of fused-ring (bicyclic) bond motifs is 1. The number of hydrogen-bond acceptors (Lipinski definition) is 7. The summed E-state index contributed by atoms with van der Waals surface area (Å²) >= 11 is 0. The number of aromatic nitrogens is 7. The molecule has 1 aliphatic carbocycles. The molecule has 12 heteroatoms. The zero-order valence-corrected chi connectivity index (χ0v) is 22.3. The van der Waals surface area contributed by atoms with Crippen molar-refractivity contribution in [3.63, 3.8) is 0 Å². The Balaban J connectivity index is 1.58. The van der Waals surface area contributed by atoms with E-state index >= 15 is 0 Å². The van der Waals surface area contributed by atoms with Gasteiger partial charge in [-0.1, -0.05) is 16.7 Å². The maximum absolute atomic E-state index is 13.6. The molecule has 1 saturated carbocycles. The van der Waals surface area contributed by atoms with Crippen molar-refractivity contribution >= 4 is 22.8 Å². The molecule has 1 aliphatic rings. The number of tetrazole rings is 1. The summed E-state index contributed by atoms with van der Waals surface area (Å²) in [6.45, 7) is 7.94. The number of nitrogens with zero attached hydrogens (tertiary/aromatic N) is 9. The number of benzene rings is 1. The first kappa shape index (κ1) is 25.9. The van der Waals surface area contributed by atoms with Crippen molar-refractivity contribution in [1.29, 1.82) is 0 Å². The molecule has 0 atom stereocenters. The molecule has 202 valence electrons. The molecule has 1 aromatic carbocycles. The van der Waals surface area contributed by atoms with Crippen molar-refractivity contribution in [3.05, 3.63) is 52.2 Å². The summed E-state index contributed by atoms with van der Waals surface area (Å²) in [5.41, 5.74) is 2.99. The molecule has 0 unspecified atom stereocenters. The minimum absolute atomic E-state index is 0.175. The number of pyridine rings is 1. The Hall–Kier alpha value is -3.70. The van der Waals surface area contributed by atoms with E-state index in [9.17, 15) is 13.2 Å². The third-order valence-electron chi connectivity index (χ3n) is 6.89. The normalized spacial score (nSPS) is 13.9. The monoisotopic (exact) mass is 527 g/mol. The Morgan fingerprint density at radius 2 is 1.76 bits per heavy atom. The Labute approximate surface area is 219 Å². The molecule has 0 saturated heterocycles. The smallest absolute Gasteiger partial charge is 0.356 e. The highest BCUT2D eigenvalue weighted by Crippen LogP contribution is 2.34. The summed E-state index contributed by atoms with van der Waals surface area (Å²) in [7, 11) is 3.55. The number of halogens is 3. The molecule has 9 nitrogen and oxygen atoms in total. The molecule has 3 aromatic heterocycles. The molecule has 4 aromatic rings. The van der Waals surface area contributed by atoms with Gasteiger partial charge in [0.25, 0.3) is 5.95 Å². The van der Waals surface area contributed by atoms with Gasteiger partial charge in [0.2, 0.25) is 0 Å². The molecule has 0 N–H and O–H groups in total. The van der Waals surface area contributed by atoms with Gasteiger partial charge in [0, 0.05) is 44.2 Å². The van der Waals surface area contributed by atoms with Crippen LogP contribution in [0, 0.1) is 19.8 Å². The molecule has 0 aliphatic heterocycles. The predicted molar refractivity (Wildman–Crippen MR) is 139 cm³/mol. The van der Waals surface area contributed by atoms with Gasteiger partial charge in [0.05, 0.1) is 18.3 Å². The van der Waals surface area contributed by atoms with Gasteiger partial charge in [-0.3, -0.25) is 4.68 Å². The minimum Gasteiger partial charge on any atom is -0.356 e. The fourth-order valence-electron chi connectivity index (χ4n) is 4.88. The van der Waals surface area contributed by atoms with Gasteiger partial charge in [-0.25, -0.2) is 4.98 Å². The fourth-order valence-corrected chi connectivity index (χ4v) is 4.88. The maximum Gasteiger partial charge on any atom is 0.416 e. The summed E-state index contributed by atoms with van der Waals surface area (Å²) in [6, 6.07) is 6.20. The van der Waals surface area contributed by atoms with Crippen LogP contribution in [0.15, 0.2) is 24.3 Å². The predicted octanol–water partition coefficient (Wildman–Crippen LogP) is 4.57. The standard InChI is InChI=1S/C26H32F3N9/c1-6-37(13-18-7-8-18)23-20(12-22-17(3)32-35(4)24(22)30-23)15-38(25-31-34-36(5)33-25)14-19-9-16(2)10-21(11-19)26(27,28)29/h9-12,18H,6-8,13-15H2,1-5H3. The van der Waals surface area contributed by atoms with E-state index in [-0.39, 0.29) is 6.54 Å². The highest BCUT2D eigenvalue weighted by atomic mass is 19.4. The summed E-state index contributed by atoms with van der Waals surface area (Å²) in [6.07, 6.45) is -2.01. The van der Waals surface area contributed by atoms with Crippen LogP contribution in [0.3, 0.4) is 0 Å². The first-order chi connectivity index (χ1) is 18.0. The molecule has 0 spiro atoms. The highest BCUT2D eigenvalue weighted by molar-refractivity contribution is 5.81. The molecule has 1 fully saturated rings. The second-order valence-corrected chi connectivity index (χ2v) is 10.2. The van der Waals surface area contributed by atoms with Crippen LogP contribution in [0.2, 0.25) is 0 Å². The Morgan fingerprint density at radius 1 is 1.00 bits per heavy atom. The van der Waals surface area contributed by atoms with Crippen molar-refractivity contribution in [2.45, 2.75) is 52.9 Å². The zero-order chi connectivity index (χ0) is 27.2. The lowest BCUT2D eigenvalue weighted by Crippen LogP contribution is -2.30. The van der Waals surface area contributed by atoms with Crippen LogP contribution in [0.5, 0.6) is 0 Å². The maximum atomic E-state index is 13.6. The third-order valence-corrected chi connectivity index (χ3v) is 6.89. The molecule has 5 rings (SSSR count). The van der Waals surface area contributed by atoms with Gasteiger partial charge in [0.15, 0.2) is 5.65 Å². The van der Waals surface area contributed by atoms with Gasteiger partial charge in [-0.2, -0.15) is 23.1 Å². The van der Waals surface area contributed by atoms with Gasteiger partial charge in [-0.05, 0) is 68.5 Å². The third kappa shape index (κ3) is 5.44. The van der Waals surface area contributed by atoms with Crippen molar-refractivity contribution in [3.8, 4) is 0 Å². The highest BCUT2D eigenvalue weighted by Gasteiger charge is 2.31. The van der Waals surface area contributed by atoms with Crippen molar-refractivity contribution in [1.82, 2.24) is 35.0 Å². The van der Waals surface area contributed by atoms with Gasteiger partial charge < -0.3 is 9.80 Å². The number of hydrogen-bond donors (Lipinski definition) is 0. The molecule has 0 bridgehead atoms. The Bertz CT molecular complexity index is 1450. The van der Waals surface area contributed by atoms with Crippen LogP contribution in [0.1, 0.15) is 47.7 Å². The summed E-state index contributed by atoms with van der Waals surface area (Å²) < 4.78 is 42.5. The minimum atomic E-state index is -4.43. The average Bonchev–Trinajstić information content (AvgIpc) is 3.50. The van der Waals surface area contributed by atoms with E-state index in [1.54, 1.807) is 24.7 Å². The van der Waals surface area contributed by atoms with Crippen LogP contribution < -0.4 is 9.80 Å². The van der Waals surface area contributed by atoms with Crippen LogP contribution in [-0.2, 0) is 33.4 Å². The second-order valence-electron chi connectivity index (χ2n) is 10.2. The van der Waals surface area contributed by atoms with Gasteiger partial charge in [0.1, 0.15) is 5.82 Å². The first-order valence-corrected chi connectivity index (χ1v) is 12.8. The molecule has 3 heterocycles. The van der Waals surface area contributed by atoms with Crippen LogP contribution in [-0.4, -0.2) is 48.1 Å². The van der Waals surface area contributed by atoms with E-state index in [1.165, 1.54) is 23.7 Å². The van der Waals surface area contributed by atoms with Crippen LogP contribution >= 0.6 is 0 Å². The average molecular weight is 528 g/mol.